The molecule has 0 aromatic heterocycles. The highest BCUT2D eigenvalue weighted by Crippen LogP contribution is 2.28. The maximum Gasteiger partial charge on any atom is 0.211 e. The van der Waals surface area contributed by atoms with Gasteiger partial charge in [0.15, 0.2) is 0 Å². The van der Waals surface area contributed by atoms with Crippen LogP contribution in [0.15, 0.2) is 101 Å². The van der Waals surface area contributed by atoms with Gasteiger partial charge in [-0.25, -0.2) is 4.39 Å². The van der Waals surface area contributed by atoms with E-state index in [1.165, 1.54) is 18.2 Å². The smallest absolute Gasteiger partial charge is 0.211 e. The first-order valence-corrected chi connectivity index (χ1v) is 8.47. The molecule has 0 unspecified atom stereocenters. The van der Waals surface area contributed by atoms with E-state index in [0.717, 1.165) is 16.8 Å². The van der Waals surface area contributed by atoms with Gasteiger partial charge < -0.3 is 5.32 Å². The summed E-state index contributed by atoms with van der Waals surface area (Å²) in [7, 11) is 0. The van der Waals surface area contributed by atoms with Crippen LogP contribution >= 0.6 is 0 Å². The number of rotatable bonds is 5. The van der Waals surface area contributed by atoms with Crippen molar-refractivity contribution in [3.63, 3.8) is 0 Å². The SMILES string of the molecule is C=CC1=C(N=CC)C(=C)C=C(Nc2ccc(-c3ccc(F)cc3)cc2)C1=O. The molecule has 0 atom stereocenters. The number of halogens is 1. The number of hydrogen-bond donors (Lipinski definition) is 1. The number of hydrogen-bond acceptors (Lipinski definition) is 3. The predicted molar refractivity (Wildman–Crippen MR) is 109 cm³/mol. The standard InChI is InChI=1S/C23H19FN2O/c1-4-20-22(25-5-2)15(3)14-21(23(20)27)26-19-12-8-17(9-13-19)16-6-10-18(24)11-7-16/h4-14,26H,1,3H2,2H3. The van der Waals surface area contributed by atoms with Crippen molar-refractivity contribution in [1.29, 1.82) is 0 Å². The maximum absolute atomic E-state index is 13.1. The lowest BCUT2D eigenvalue weighted by molar-refractivity contribution is -0.111. The molecule has 0 aliphatic heterocycles. The number of Topliss-reactive ketones (excluding diaryl/α,β-unsaturated/α-hetero) is 1. The fourth-order valence-corrected chi connectivity index (χ4v) is 2.84. The summed E-state index contributed by atoms with van der Waals surface area (Å²) in [6.45, 7) is 9.48. The van der Waals surface area contributed by atoms with E-state index in [2.05, 4.69) is 23.5 Å². The third-order valence-electron chi connectivity index (χ3n) is 4.17. The van der Waals surface area contributed by atoms with Crippen LogP contribution in [0, 0.1) is 5.82 Å². The molecule has 3 rings (SSSR count). The lowest BCUT2D eigenvalue weighted by Crippen LogP contribution is -2.18. The van der Waals surface area contributed by atoms with Crippen molar-refractivity contribution in [2.45, 2.75) is 6.92 Å². The highest BCUT2D eigenvalue weighted by Gasteiger charge is 2.23. The van der Waals surface area contributed by atoms with Crippen LogP contribution in [0.25, 0.3) is 11.1 Å². The van der Waals surface area contributed by atoms with Crippen LogP contribution in [0.4, 0.5) is 10.1 Å². The molecular formula is C23H19FN2O. The second-order valence-electron chi connectivity index (χ2n) is 5.98. The molecule has 2 aromatic carbocycles. The summed E-state index contributed by atoms with van der Waals surface area (Å²) in [5.41, 5.74) is 4.66. The van der Waals surface area contributed by atoms with E-state index in [1.54, 1.807) is 31.3 Å². The number of allylic oxidation sites excluding steroid dienone is 3. The topological polar surface area (TPSA) is 41.5 Å². The Morgan fingerprint density at radius 3 is 2.19 bits per heavy atom. The number of carbonyl (C=O) groups excluding carboxylic acids is 1. The number of aliphatic imine (C=N–C) groups is 1. The largest absolute Gasteiger partial charge is 0.352 e. The maximum atomic E-state index is 13.1. The van der Waals surface area contributed by atoms with Gasteiger partial charge >= 0.3 is 0 Å². The number of ketones is 1. The van der Waals surface area contributed by atoms with Gasteiger partial charge in [0, 0.05) is 17.5 Å². The Hall–Kier alpha value is -3.53. The fraction of sp³-hybridized carbons (Fsp3) is 0.0435. The quantitative estimate of drug-likeness (QED) is 0.721. The predicted octanol–water partition coefficient (Wildman–Crippen LogP) is 5.46. The minimum atomic E-state index is -0.266. The third-order valence-corrected chi connectivity index (χ3v) is 4.17. The second-order valence-corrected chi connectivity index (χ2v) is 5.98. The summed E-state index contributed by atoms with van der Waals surface area (Å²) >= 11 is 0. The zero-order valence-corrected chi connectivity index (χ0v) is 15.0. The highest BCUT2D eigenvalue weighted by molar-refractivity contribution is 6.14. The Labute approximate surface area is 158 Å². The van der Waals surface area contributed by atoms with Crippen molar-refractivity contribution < 1.29 is 9.18 Å². The minimum Gasteiger partial charge on any atom is -0.352 e. The Morgan fingerprint density at radius 1 is 1.04 bits per heavy atom. The number of nitrogens with one attached hydrogen (secondary N) is 1. The molecule has 0 saturated carbocycles. The van der Waals surface area contributed by atoms with Crippen molar-refractivity contribution in [2.24, 2.45) is 4.99 Å². The molecular weight excluding hydrogens is 339 g/mol. The van der Waals surface area contributed by atoms with Gasteiger partial charge in [0.25, 0.3) is 0 Å². The van der Waals surface area contributed by atoms with E-state index >= 15 is 0 Å². The van der Waals surface area contributed by atoms with Crippen LogP contribution in [0.2, 0.25) is 0 Å². The summed E-state index contributed by atoms with van der Waals surface area (Å²) in [4.78, 5) is 16.9. The molecule has 134 valence electrons. The molecule has 1 N–H and O–H groups in total. The van der Waals surface area contributed by atoms with Crippen LogP contribution in [0.1, 0.15) is 6.92 Å². The first-order valence-electron chi connectivity index (χ1n) is 8.47. The average Bonchev–Trinajstić information content (AvgIpc) is 2.67. The second kappa shape index (κ2) is 7.79. The van der Waals surface area contributed by atoms with Crippen LogP contribution in [-0.2, 0) is 4.79 Å². The zero-order chi connectivity index (χ0) is 19.4. The molecule has 0 amide bonds. The van der Waals surface area contributed by atoms with Crippen molar-refractivity contribution >= 4 is 17.7 Å². The molecule has 4 heteroatoms. The third kappa shape index (κ3) is 3.85. The number of nitrogens with zero attached hydrogens (tertiary/aromatic N) is 1. The first-order chi connectivity index (χ1) is 13.0. The monoisotopic (exact) mass is 358 g/mol. The Bertz CT molecular complexity index is 994. The molecule has 27 heavy (non-hydrogen) atoms. The number of benzene rings is 2. The van der Waals surface area contributed by atoms with Crippen molar-refractivity contribution in [3.05, 3.63) is 102 Å². The van der Waals surface area contributed by atoms with E-state index in [9.17, 15) is 9.18 Å². The van der Waals surface area contributed by atoms with Gasteiger partial charge in [0.1, 0.15) is 5.82 Å². The summed E-state index contributed by atoms with van der Waals surface area (Å²) in [5.74, 6) is -0.446. The van der Waals surface area contributed by atoms with Crippen LogP contribution < -0.4 is 5.32 Å². The Morgan fingerprint density at radius 2 is 1.63 bits per heavy atom. The van der Waals surface area contributed by atoms with Crippen LogP contribution in [0.3, 0.4) is 0 Å². The van der Waals surface area contributed by atoms with Crippen LogP contribution in [-0.4, -0.2) is 12.0 Å². The molecule has 0 fully saturated rings. The van der Waals surface area contributed by atoms with E-state index in [1.807, 2.05) is 24.3 Å². The van der Waals surface area contributed by atoms with Gasteiger partial charge in [-0.15, -0.1) is 0 Å². The molecule has 0 heterocycles. The van der Waals surface area contributed by atoms with Crippen molar-refractivity contribution in [2.75, 3.05) is 5.32 Å². The van der Waals surface area contributed by atoms with E-state index in [-0.39, 0.29) is 11.6 Å². The summed E-state index contributed by atoms with van der Waals surface area (Å²) in [6.07, 6.45) is 4.81. The van der Waals surface area contributed by atoms with E-state index in [4.69, 9.17) is 0 Å². The fourth-order valence-electron chi connectivity index (χ4n) is 2.84. The van der Waals surface area contributed by atoms with E-state index in [0.29, 0.717) is 22.5 Å². The molecule has 2 aromatic rings. The average molecular weight is 358 g/mol. The van der Waals surface area contributed by atoms with Gasteiger partial charge in [0.2, 0.25) is 5.78 Å². The van der Waals surface area contributed by atoms with Gasteiger partial charge in [-0.2, -0.15) is 0 Å². The molecule has 0 bridgehead atoms. The number of anilines is 1. The molecule has 1 aliphatic rings. The van der Waals surface area contributed by atoms with Gasteiger partial charge in [-0.1, -0.05) is 43.5 Å². The Balaban J connectivity index is 1.82. The highest BCUT2D eigenvalue weighted by atomic mass is 19.1. The molecule has 1 aliphatic carbocycles. The zero-order valence-electron chi connectivity index (χ0n) is 15.0. The van der Waals surface area contributed by atoms with Gasteiger partial charge in [-0.3, -0.25) is 9.79 Å². The molecule has 3 nitrogen and oxygen atoms in total. The molecule has 0 spiro atoms. The lowest BCUT2D eigenvalue weighted by Gasteiger charge is -2.18. The Kier molecular flexibility index (Phi) is 5.27. The van der Waals surface area contributed by atoms with Crippen LogP contribution in [0.5, 0.6) is 0 Å². The van der Waals surface area contributed by atoms with Gasteiger partial charge in [0.05, 0.1) is 11.4 Å². The number of carbonyl (C=O) groups is 1. The molecule has 0 radical (unpaired) electrons. The van der Waals surface area contributed by atoms with Crippen molar-refractivity contribution in [1.82, 2.24) is 0 Å². The molecule has 0 saturated heterocycles. The normalized spacial score (nSPS) is 14.5. The summed E-state index contributed by atoms with van der Waals surface area (Å²) in [5, 5.41) is 3.13. The van der Waals surface area contributed by atoms with E-state index < -0.39 is 0 Å². The van der Waals surface area contributed by atoms with Crippen molar-refractivity contribution in [3.8, 4) is 11.1 Å². The summed E-state index contributed by atoms with van der Waals surface area (Å²) in [6, 6.07) is 13.9. The summed E-state index contributed by atoms with van der Waals surface area (Å²) < 4.78 is 13.1. The minimum absolute atomic E-state index is 0.180. The first kappa shape index (κ1) is 18.3. The lowest BCUT2D eigenvalue weighted by atomic mass is 9.95. The van der Waals surface area contributed by atoms with Gasteiger partial charge in [-0.05, 0) is 54.0 Å².